The summed E-state index contributed by atoms with van der Waals surface area (Å²) in [6, 6.07) is 69.1. The molecule has 0 radical (unpaired) electrons. The van der Waals surface area contributed by atoms with Crippen molar-refractivity contribution in [2.45, 2.75) is 12.2 Å². The van der Waals surface area contributed by atoms with E-state index >= 15 is 0 Å². The molecule has 2 nitrogen and oxygen atoms in total. The van der Waals surface area contributed by atoms with E-state index in [2.05, 4.69) is 204 Å². The van der Waals surface area contributed by atoms with Crippen molar-refractivity contribution in [3.8, 4) is 33.6 Å². The molecule has 0 aliphatic heterocycles. The lowest BCUT2D eigenvalue weighted by Gasteiger charge is -2.12. The molecule has 1 atom stereocenters. The summed E-state index contributed by atoms with van der Waals surface area (Å²) in [5, 5.41) is 10.2. The number of thiol groups is 1. The fourth-order valence-electron chi connectivity index (χ4n) is 8.75. The Morgan fingerprint density at radius 3 is 1.84 bits per heavy atom. The van der Waals surface area contributed by atoms with Gasteiger partial charge in [-0.25, -0.2) is 0 Å². The van der Waals surface area contributed by atoms with Gasteiger partial charge >= 0.3 is 0 Å². The number of fused-ring (bicyclic) bond motifs is 9. The van der Waals surface area contributed by atoms with Crippen molar-refractivity contribution in [3.05, 3.63) is 194 Å². The van der Waals surface area contributed by atoms with Crippen LogP contribution in [0.15, 0.2) is 188 Å². The van der Waals surface area contributed by atoms with Crippen molar-refractivity contribution < 1.29 is 0 Å². The quantitative estimate of drug-likeness (QED) is 0.170. The van der Waals surface area contributed by atoms with E-state index < -0.39 is 0 Å². The van der Waals surface area contributed by atoms with Crippen LogP contribution in [0, 0.1) is 0 Å². The van der Waals surface area contributed by atoms with Gasteiger partial charge in [-0.05, 0) is 117 Å². The van der Waals surface area contributed by atoms with Gasteiger partial charge < -0.3 is 9.13 Å². The van der Waals surface area contributed by atoms with Crippen LogP contribution in [0.2, 0.25) is 0 Å². The van der Waals surface area contributed by atoms with E-state index in [4.69, 9.17) is 12.6 Å². The summed E-state index contributed by atoms with van der Waals surface area (Å²) in [5.41, 5.74) is 13.2. The molecule has 0 spiro atoms. The SMILES string of the molecule is CC(S)c1ccc2c(c1)c1ccc(-c3ccc4ccc5c(c4c3)c3ccccc3n5-c3ccc4ccccc4c3)cc1n2-c1ccc(-c2ccccc2)cc1. The molecule has 0 saturated heterocycles. The Hall–Kier alpha value is -6.55. The highest BCUT2D eigenvalue weighted by Crippen LogP contribution is 2.41. The van der Waals surface area contributed by atoms with Gasteiger partial charge in [0.25, 0.3) is 0 Å². The lowest BCUT2D eigenvalue weighted by atomic mass is 9.97. The number of hydrogen-bond acceptors (Lipinski definition) is 1. The van der Waals surface area contributed by atoms with E-state index in [-0.39, 0.29) is 5.25 Å². The molecule has 0 aliphatic carbocycles. The molecule has 0 saturated carbocycles. The summed E-state index contributed by atoms with van der Waals surface area (Å²) in [6.07, 6.45) is 0. The van der Waals surface area contributed by atoms with Gasteiger partial charge in [0.15, 0.2) is 0 Å². The molecule has 2 aromatic heterocycles. The highest BCUT2D eigenvalue weighted by atomic mass is 32.1. The first-order chi connectivity index (χ1) is 27.1. The van der Waals surface area contributed by atoms with E-state index in [0.29, 0.717) is 0 Å². The van der Waals surface area contributed by atoms with Gasteiger partial charge in [-0.1, -0.05) is 127 Å². The van der Waals surface area contributed by atoms with Crippen LogP contribution in [-0.4, -0.2) is 9.13 Å². The fourth-order valence-corrected chi connectivity index (χ4v) is 8.91. The van der Waals surface area contributed by atoms with Crippen LogP contribution in [0.25, 0.3) is 98.8 Å². The topological polar surface area (TPSA) is 9.86 Å². The Morgan fingerprint density at radius 1 is 0.364 bits per heavy atom. The van der Waals surface area contributed by atoms with Crippen LogP contribution >= 0.6 is 12.6 Å². The second-order valence-electron chi connectivity index (χ2n) is 14.7. The van der Waals surface area contributed by atoms with Gasteiger partial charge in [-0.3, -0.25) is 0 Å². The van der Waals surface area contributed by atoms with E-state index in [0.717, 1.165) is 5.69 Å². The monoisotopic (exact) mass is 720 g/mol. The molecule has 0 aliphatic rings. The van der Waals surface area contributed by atoms with Crippen molar-refractivity contribution in [1.29, 1.82) is 0 Å². The minimum absolute atomic E-state index is 0.147. The van der Waals surface area contributed by atoms with Gasteiger partial charge in [-0.2, -0.15) is 12.6 Å². The first-order valence-corrected chi connectivity index (χ1v) is 19.5. The maximum Gasteiger partial charge on any atom is 0.0547 e. The molecular formula is C52H36N2S. The molecule has 260 valence electrons. The number of rotatable bonds is 5. The Kier molecular flexibility index (Phi) is 7.26. The van der Waals surface area contributed by atoms with Gasteiger partial charge in [0.1, 0.15) is 0 Å². The zero-order valence-electron chi connectivity index (χ0n) is 30.3. The molecule has 11 aromatic rings. The normalized spacial score (nSPS) is 12.5. The lowest BCUT2D eigenvalue weighted by molar-refractivity contribution is 1.11. The standard InChI is InChI=1S/C52H36N2S/c1-33(55)38-22-27-49-47(30-38)44-26-20-41(32-51(44)53(49)42-23-17-36(18-24-42)34-9-3-2-4-10-34)40-16-15-37-21-28-50-52(46(37)31-40)45-13-7-8-14-48(45)54(50)43-25-19-35-11-5-6-12-39(35)29-43/h2-33,55H,1H3. The molecule has 0 N–H and O–H groups in total. The van der Waals surface area contributed by atoms with Crippen LogP contribution in [0.4, 0.5) is 0 Å². The Labute approximate surface area is 324 Å². The lowest BCUT2D eigenvalue weighted by Crippen LogP contribution is -1.94. The van der Waals surface area contributed by atoms with Crippen molar-refractivity contribution in [2.75, 3.05) is 0 Å². The predicted molar refractivity (Wildman–Crippen MR) is 238 cm³/mol. The molecule has 0 amide bonds. The molecule has 0 bridgehead atoms. The maximum atomic E-state index is 4.80. The van der Waals surface area contributed by atoms with Gasteiger partial charge in [0, 0.05) is 38.2 Å². The Balaban J connectivity index is 1.11. The molecule has 3 heteroatoms. The average molecular weight is 721 g/mol. The van der Waals surface area contributed by atoms with E-state index in [9.17, 15) is 0 Å². The first-order valence-electron chi connectivity index (χ1n) is 19.0. The maximum absolute atomic E-state index is 4.80. The molecule has 9 aromatic carbocycles. The second kappa shape index (κ2) is 12.5. The van der Waals surface area contributed by atoms with Crippen LogP contribution in [0.1, 0.15) is 17.7 Å². The summed E-state index contributed by atoms with van der Waals surface area (Å²) >= 11 is 4.80. The van der Waals surface area contributed by atoms with Crippen LogP contribution in [0.5, 0.6) is 0 Å². The van der Waals surface area contributed by atoms with Crippen molar-refractivity contribution in [2.24, 2.45) is 0 Å². The van der Waals surface area contributed by atoms with Crippen LogP contribution in [-0.2, 0) is 0 Å². The zero-order valence-corrected chi connectivity index (χ0v) is 31.2. The average Bonchev–Trinajstić information content (AvgIpc) is 3.76. The summed E-state index contributed by atoms with van der Waals surface area (Å²) < 4.78 is 4.85. The smallest absolute Gasteiger partial charge is 0.0547 e. The van der Waals surface area contributed by atoms with Crippen molar-refractivity contribution >= 4 is 77.8 Å². The third-order valence-electron chi connectivity index (χ3n) is 11.5. The number of hydrogen-bond donors (Lipinski definition) is 1. The van der Waals surface area contributed by atoms with E-state index in [1.54, 1.807) is 0 Å². The zero-order chi connectivity index (χ0) is 36.6. The van der Waals surface area contributed by atoms with E-state index in [1.807, 2.05) is 0 Å². The highest BCUT2D eigenvalue weighted by Gasteiger charge is 2.18. The first kappa shape index (κ1) is 31.9. The third-order valence-corrected chi connectivity index (χ3v) is 11.8. The molecule has 1 unspecified atom stereocenters. The Bertz CT molecular complexity index is 3280. The predicted octanol–water partition coefficient (Wildman–Crippen LogP) is 14.5. The number of benzene rings is 9. The van der Waals surface area contributed by atoms with E-state index in [1.165, 1.54) is 98.7 Å². The van der Waals surface area contributed by atoms with Crippen LogP contribution < -0.4 is 0 Å². The van der Waals surface area contributed by atoms with Crippen molar-refractivity contribution in [1.82, 2.24) is 9.13 Å². The molecular weight excluding hydrogens is 685 g/mol. The second-order valence-corrected chi connectivity index (χ2v) is 15.5. The Morgan fingerprint density at radius 2 is 0.982 bits per heavy atom. The molecule has 55 heavy (non-hydrogen) atoms. The minimum atomic E-state index is 0.147. The summed E-state index contributed by atoms with van der Waals surface area (Å²) in [5.74, 6) is 0. The summed E-state index contributed by atoms with van der Waals surface area (Å²) in [4.78, 5) is 0. The summed E-state index contributed by atoms with van der Waals surface area (Å²) in [7, 11) is 0. The minimum Gasteiger partial charge on any atom is -0.309 e. The molecule has 11 rings (SSSR count). The van der Waals surface area contributed by atoms with Crippen molar-refractivity contribution in [3.63, 3.8) is 0 Å². The third kappa shape index (κ3) is 5.11. The molecule has 2 heterocycles. The number of aromatic nitrogens is 2. The van der Waals surface area contributed by atoms with Crippen LogP contribution in [0.3, 0.4) is 0 Å². The van der Waals surface area contributed by atoms with Gasteiger partial charge in [0.05, 0.1) is 22.1 Å². The summed E-state index contributed by atoms with van der Waals surface area (Å²) in [6.45, 7) is 2.14. The van der Waals surface area contributed by atoms with Gasteiger partial charge in [-0.15, -0.1) is 0 Å². The number of para-hydroxylation sites is 1. The van der Waals surface area contributed by atoms with Gasteiger partial charge in [0.2, 0.25) is 0 Å². The highest BCUT2D eigenvalue weighted by molar-refractivity contribution is 7.80. The molecule has 0 fully saturated rings. The number of nitrogens with zero attached hydrogens (tertiary/aromatic N) is 2. The fraction of sp³-hybridized carbons (Fsp3) is 0.0385. The largest absolute Gasteiger partial charge is 0.309 e.